The number of aryl methyl sites for hydroxylation is 1. The number of hydrogen-bond donors (Lipinski definition) is 1. The molecule has 0 spiro atoms. The molecule has 0 heterocycles. The molecule has 0 fully saturated rings. The van der Waals surface area contributed by atoms with E-state index in [1.807, 2.05) is 13.8 Å². The number of anilines is 1. The van der Waals surface area contributed by atoms with Crippen molar-refractivity contribution in [2.45, 2.75) is 51.1 Å². The van der Waals surface area contributed by atoms with Gasteiger partial charge in [-0.1, -0.05) is 54.8 Å². The van der Waals surface area contributed by atoms with Gasteiger partial charge in [0.15, 0.2) is 0 Å². The largest absolute Gasteiger partial charge is 0.497 e. The van der Waals surface area contributed by atoms with E-state index in [2.05, 4.69) is 5.32 Å². The first-order valence-corrected chi connectivity index (χ1v) is 14.9. The van der Waals surface area contributed by atoms with Crippen molar-refractivity contribution >= 4 is 39.1 Å². The van der Waals surface area contributed by atoms with E-state index in [1.54, 1.807) is 67.6 Å². The molecule has 2 amide bonds. The lowest BCUT2D eigenvalue weighted by Crippen LogP contribution is -2.51. The Kier molecular flexibility index (Phi) is 11.0. The molecule has 3 aromatic carbocycles. The number of unbranched alkanes of at least 4 members (excludes halogenated alkanes) is 1. The maximum absolute atomic E-state index is 13.9. The number of halogens is 1. The molecule has 1 atom stereocenters. The first-order valence-electron chi connectivity index (χ1n) is 13.1. The highest BCUT2D eigenvalue weighted by Gasteiger charge is 2.32. The molecule has 214 valence electrons. The minimum atomic E-state index is -4.15. The second kappa shape index (κ2) is 14.2. The van der Waals surface area contributed by atoms with Gasteiger partial charge in [0.25, 0.3) is 10.0 Å². The van der Waals surface area contributed by atoms with Gasteiger partial charge in [0, 0.05) is 18.1 Å². The van der Waals surface area contributed by atoms with Crippen LogP contribution < -0.4 is 14.4 Å². The molecule has 0 saturated carbocycles. The van der Waals surface area contributed by atoms with Gasteiger partial charge in [-0.3, -0.25) is 13.9 Å². The first kappa shape index (κ1) is 31.0. The van der Waals surface area contributed by atoms with E-state index in [4.69, 9.17) is 16.3 Å². The number of hydrogen-bond acceptors (Lipinski definition) is 5. The van der Waals surface area contributed by atoms with E-state index < -0.39 is 28.5 Å². The average molecular weight is 586 g/mol. The van der Waals surface area contributed by atoms with Crippen molar-refractivity contribution in [3.63, 3.8) is 0 Å². The van der Waals surface area contributed by atoms with Crippen LogP contribution in [-0.4, -0.2) is 51.4 Å². The molecule has 0 aromatic heterocycles. The summed E-state index contributed by atoms with van der Waals surface area (Å²) in [6.07, 6.45) is 1.72. The van der Waals surface area contributed by atoms with E-state index in [1.165, 1.54) is 24.1 Å². The molecule has 3 rings (SSSR count). The van der Waals surface area contributed by atoms with Crippen LogP contribution in [0.15, 0.2) is 77.7 Å². The molecule has 1 N–H and O–H groups in total. The van der Waals surface area contributed by atoms with Crippen molar-refractivity contribution < 1.29 is 22.7 Å². The monoisotopic (exact) mass is 585 g/mol. The maximum atomic E-state index is 13.9. The van der Waals surface area contributed by atoms with Gasteiger partial charge in [0.2, 0.25) is 11.8 Å². The fraction of sp³-hybridized carbons (Fsp3) is 0.333. The molecule has 0 radical (unpaired) electrons. The smallest absolute Gasteiger partial charge is 0.264 e. The maximum Gasteiger partial charge on any atom is 0.264 e. The standard InChI is InChI=1S/C30H36ClN3O5S/c1-5-6-19-32-30(36)23(3)33(20-24-9-11-25(31)12-10-24)29(35)21-34(26-13-7-22(2)8-14-26)40(37,38)28-17-15-27(39-4)16-18-28/h7-18,23H,5-6,19-21H2,1-4H3,(H,32,36)/t23-/m0/s1. The van der Waals surface area contributed by atoms with Gasteiger partial charge in [-0.25, -0.2) is 8.42 Å². The van der Waals surface area contributed by atoms with Gasteiger partial charge in [-0.15, -0.1) is 0 Å². The molecule has 8 nitrogen and oxygen atoms in total. The highest BCUT2D eigenvalue weighted by atomic mass is 35.5. The van der Waals surface area contributed by atoms with Gasteiger partial charge in [0.05, 0.1) is 17.7 Å². The van der Waals surface area contributed by atoms with E-state index >= 15 is 0 Å². The zero-order valence-electron chi connectivity index (χ0n) is 23.3. The lowest BCUT2D eigenvalue weighted by Gasteiger charge is -2.32. The van der Waals surface area contributed by atoms with Crippen LogP contribution >= 0.6 is 11.6 Å². The molecule has 0 aliphatic carbocycles. The van der Waals surface area contributed by atoms with E-state index in [0.717, 1.165) is 28.3 Å². The summed E-state index contributed by atoms with van der Waals surface area (Å²) in [6, 6.07) is 19.0. The Bertz CT molecular complexity index is 1380. The van der Waals surface area contributed by atoms with E-state index in [0.29, 0.717) is 23.0 Å². The van der Waals surface area contributed by atoms with Crippen molar-refractivity contribution in [2.75, 3.05) is 24.5 Å². The predicted molar refractivity (Wildman–Crippen MR) is 158 cm³/mol. The molecule has 10 heteroatoms. The highest BCUT2D eigenvalue weighted by molar-refractivity contribution is 7.92. The van der Waals surface area contributed by atoms with Crippen molar-refractivity contribution in [1.82, 2.24) is 10.2 Å². The number of amides is 2. The number of rotatable bonds is 13. The summed E-state index contributed by atoms with van der Waals surface area (Å²) in [6.45, 7) is 5.65. The molecule has 3 aromatic rings. The number of nitrogens with zero attached hydrogens (tertiary/aromatic N) is 2. The molecule has 0 unspecified atom stereocenters. The summed E-state index contributed by atoms with van der Waals surface area (Å²) >= 11 is 6.04. The van der Waals surface area contributed by atoms with Crippen LogP contribution in [0.3, 0.4) is 0 Å². The van der Waals surface area contributed by atoms with Crippen LogP contribution in [0.25, 0.3) is 0 Å². The Morgan fingerprint density at radius 3 is 2.17 bits per heavy atom. The third-order valence-corrected chi connectivity index (χ3v) is 8.55. The summed E-state index contributed by atoms with van der Waals surface area (Å²) in [4.78, 5) is 28.3. The minimum absolute atomic E-state index is 0.0104. The number of carbonyl (C=O) groups is 2. The van der Waals surface area contributed by atoms with Crippen molar-refractivity contribution in [1.29, 1.82) is 0 Å². The van der Waals surface area contributed by atoms with Crippen molar-refractivity contribution in [3.8, 4) is 5.75 Å². The molecule has 0 aliphatic heterocycles. The van der Waals surface area contributed by atoms with Crippen LogP contribution in [0, 0.1) is 6.92 Å². The van der Waals surface area contributed by atoms with Crippen LogP contribution in [0.2, 0.25) is 5.02 Å². The molecule has 0 saturated heterocycles. The Balaban J connectivity index is 1.99. The number of ether oxygens (including phenoxy) is 1. The number of carbonyl (C=O) groups excluding carboxylic acids is 2. The average Bonchev–Trinajstić information content (AvgIpc) is 2.95. The van der Waals surface area contributed by atoms with Gasteiger partial charge < -0.3 is 15.0 Å². The Morgan fingerprint density at radius 1 is 0.975 bits per heavy atom. The van der Waals surface area contributed by atoms with Crippen LogP contribution in [-0.2, 0) is 26.2 Å². The molecule has 0 aliphatic rings. The summed E-state index contributed by atoms with van der Waals surface area (Å²) in [5, 5.41) is 3.42. The Labute approximate surface area is 241 Å². The number of nitrogens with one attached hydrogen (secondary N) is 1. The summed E-state index contributed by atoms with van der Waals surface area (Å²) in [5.74, 6) is -0.324. The SMILES string of the molecule is CCCCNC(=O)[C@H](C)N(Cc1ccc(Cl)cc1)C(=O)CN(c1ccc(C)cc1)S(=O)(=O)c1ccc(OC)cc1. The summed E-state index contributed by atoms with van der Waals surface area (Å²) < 4.78 is 34.0. The fourth-order valence-electron chi connectivity index (χ4n) is 4.02. The predicted octanol–water partition coefficient (Wildman–Crippen LogP) is 5.19. The quantitative estimate of drug-likeness (QED) is 0.279. The number of benzene rings is 3. The Morgan fingerprint density at radius 2 is 1.60 bits per heavy atom. The third kappa shape index (κ3) is 7.99. The summed E-state index contributed by atoms with van der Waals surface area (Å²) in [5.41, 5.74) is 2.03. The van der Waals surface area contributed by atoms with E-state index in [9.17, 15) is 18.0 Å². The van der Waals surface area contributed by atoms with Gasteiger partial charge in [-0.05, 0) is 74.4 Å². The summed E-state index contributed by atoms with van der Waals surface area (Å²) in [7, 11) is -2.65. The van der Waals surface area contributed by atoms with E-state index in [-0.39, 0.29) is 17.3 Å². The van der Waals surface area contributed by atoms with Gasteiger partial charge in [0.1, 0.15) is 18.3 Å². The molecule has 40 heavy (non-hydrogen) atoms. The topological polar surface area (TPSA) is 96.0 Å². The second-order valence-corrected chi connectivity index (χ2v) is 11.8. The number of methoxy groups -OCH3 is 1. The van der Waals surface area contributed by atoms with Crippen LogP contribution in [0.4, 0.5) is 5.69 Å². The third-order valence-electron chi connectivity index (χ3n) is 6.51. The zero-order chi connectivity index (χ0) is 29.3. The van der Waals surface area contributed by atoms with Crippen molar-refractivity contribution in [3.05, 3.63) is 88.9 Å². The molecular weight excluding hydrogens is 550 g/mol. The second-order valence-electron chi connectivity index (χ2n) is 9.49. The minimum Gasteiger partial charge on any atom is -0.497 e. The Hall–Kier alpha value is -3.56. The molecule has 0 bridgehead atoms. The highest BCUT2D eigenvalue weighted by Crippen LogP contribution is 2.26. The van der Waals surface area contributed by atoms with Crippen LogP contribution in [0.1, 0.15) is 37.8 Å². The van der Waals surface area contributed by atoms with Crippen LogP contribution in [0.5, 0.6) is 5.75 Å². The lowest BCUT2D eigenvalue weighted by molar-refractivity contribution is -0.139. The first-order chi connectivity index (χ1) is 19.1. The van der Waals surface area contributed by atoms with Gasteiger partial charge >= 0.3 is 0 Å². The zero-order valence-corrected chi connectivity index (χ0v) is 24.8. The fourth-order valence-corrected chi connectivity index (χ4v) is 5.56. The normalized spacial score (nSPS) is 11.9. The van der Waals surface area contributed by atoms with Crippen molar-refractivity contribution in [2.24, 2.45) is 0 Å². The lowest BCUT2D eigenvalue weighted by atomic mass is 10.1. The van der Waals surface area contributed by atoms with Gasteiger partial charge in [-0.2, -0.15) is 0 Å². The number of sulfonamides is 1. The molecular formula is C30H36ClN3O5S.